The first-order valence-corrected chi connectivity index (χ1v) is 6.16. The standard InChI is InChI=1S/C13H16N4O/c1-15-11(18)7-17-10-4-2-3-9(14)12(10)16-13(17)8-5-6-8/h2-4,8H,5-7,14H2,1H3,(H,15,18). The summed E-state index contributed by atoms with van der Waals surface area (Å²) in [5.74, 6) is 1.46. The van der Waals surface area contributed by atoms with Crippen LogP contribution in [0, 0.1) is 0 Å². The molecule has 1 aliphatic rings. The first-order valence-electron chi connectivity index (χ1n) is 6.16. The third-order valence-electron chi connectivity index (χ3n) is 3.36. The number of nitrogens with two attached hydrogens (primary N) is 1. The number of amides is 1. The molecule has 1 aromatic heterocycles. The quantitative estimate of drug-likeness (QED) is 0.798. The topological polar surface area (TPSA) is 72.9 Å². The summed E-state index contributed by atoms with van der Waals surface area (Å²) in [6, 6.07) is 5.71. The zero-order chi connectivity index (χ0) is 12.7. The summed E-state index contributed by atoms with van der Waals surface area (Å²) in [4.78, 5) is 16.2. The lowest BCUT2D eigenvalue weighted by Crippen LogP contribution is -2.24. The highest BCUT2D eigenvalue weighted by atomic mass is 16.1. The monoisotopic (exact) mass is 244 g/mol. The van der Waals surface area contributed by atoms with E-state index < -0.39 is 0 Å². The minimum Gasteiger partial charge on any atom is -0.397 e. The fraction of sp³-hybridized carbons (Fsp3) is 0.385. The first-order chi connectivity index (χ1) is 8.70. The van der Waals surface area contributed by atoms with Gasteiger partial charge in [-0.25, -0.2) is 4.98 Å². The molecule has 0 spiro atoms. The van der Waals surface area contributed by atoms with E-state index >= 15 is 0 Å². The van der Waals surface area contributed by atoms with Gasteiger partial charge in [0.1, 0.15) is 17.9 Å². The first kappa shape index (κ1) is 11.1. The van der Waals surface area contributed by atoms with E-state index in [0.717, 1.165) is 29.7 Å². The van der Waals surface area contributed by atoms with Crippen LogP contribution in [0.1, 0.15) is 24.6 Å². The molecule has 5 nitrogen and oxygen atoms in total. The van der Waals surface area contributed by atoms with E-state index in [4.69, 9.17) is 5.73 Å². The van der Waals surface area contributed by atoms with Crippen LogP contribution in [-0.4, -0.2) is 22.5 Å². The second kappa shape index (κ2) is 4.01. The maximum absolute atomic E-state index is 11.6. The van der Waals surface area contributed by atoms with Crippen LogP contribution in [-0.2, 0) is 11.3 Å². The van der Waals surface area contributed by atoms with Gasteiger partial charge < -0.3 is 15.6 Å². The Hall–Kier alpha value is -2.04. The van der Waals surface area contributed by atoms with Gasteiger partial charge in [0.05, 0.1) is 11.2 Å². The molecule has 1 fully saturated rings. The van der Waals surface area contributed by atoms with Crippen LogP contribution in [0.3, 0.4) is 0 Å². The van der Waals surface area contributed by atoms with Crippen molar-refractivity contribution in [3.05, 3.63) is 24.0 Å². The number of aromatic nitrogens is 2. The van der Waals surface area contributed by atoms with Crippen molar-refractivity contribution in [3.63, 3.8) is 0 Å². The minimum atomic E-state index is -0.0152. The van der Waals surface area contributed by atoms with E-state index in [2.05, 4.69) is 10.3 Å². The zero-order valence-electron chi connectivity index (χ0n) is 10.3. The van der Waals surface area contributed by atoms with Crippen molar-refractivity contribution in [2.75, 3.05) is 12.8 Å². The van der Waals surface area contributed by atoms with Crippen molar-refractivity contribution in [2.24, 2.45) is 0 Å². The van der Waals surface area contributed by atoms with Gasteiger partial charge in [0.25, 0.3) is 0 Å². The van der Waals surface area contributed by atoms with Gasteiger partial charge in [0, 0.05) is 13.0 Å². The van der Waals surface area contributed by atoms with E-state index in [1.807, 2.05) is 22.8 Å². The normalized spacial score (nSPS) is 14.9. The Morgan fingerprint density at radius 2 is 2.33 bits per heavy atom. The summed E-state index contributed by atoms with van der Waals surface area (Å²) in [6.45, 7) is 0.308. The molecule has 0 unspecified atom stereocenters. The lowest BCUT2D eigenvalue weighted by Gasteiger charge is -2.07. The maximum Gasteiger partial charge on any atom is 0.239 e. The number of anilines is 1. The van der Waals surface area contributed by atoms with Crippen molar-refractivity contribution in [2.45, 2.75) is 25.3 Å². The molecule has 0 aliphatic heterocycles. The molecule has 1 amide bonds. The molecular weight excluding hydrogens is 228 g/mol. The largest absolute Gasteiger partial charge is 0.397 e. The Morgan fingerprint density at radius 3 is 3.00 bits per heavy atom. The lowest BCUT2D eigenvalue weighted by atomic mass is 10.3. The summed E-state index contributed by atoms with van der Waals surface area (Å²) in [5, 5.41) is 2.65. The minimum absolute atomic E-state index is 0.0152. The van der Waals surface area contributed by atoms with E-state index in [9.17, 15) is 4.79 Å². The van der Waals surface area contributed by atoms with Gasteiger partial charge >= 0.3 is 0 Å². The van der Waals surface area contributed by atoms with Crippen LogP contribution in [0.2, 0.25) is 0 Å². The fourth-order valence-corrected chi connectivity index (χ4v) is 2.23. The molecule has 5 heteroatoms. The summed E-state index contributed by atoms with van der Waals surface area (Å²) in [5.41, 5.74) is 8.37. The average Bonchev–Trinajstić information content (AvgIpc) is 3.14. The molecule has 18 heavy (non-hydrogen) atoms. The van der Waals surface area contributed by atoms with E-state index in [1.165, 1.54) is 0 Å². The predicted molar refractivity (Wildman–Crippen MR) is 70.2 cm³/mol. The highest BCUT2D eigenvalue weighted by Crippen LogP contribution is 2.41. The van der Waals surface area contributed by atoms with Gasteiger partial charge in [-0.2, -0.15) is 0 Å². The molecule has 3 rings (SSSR count). The second-order valence-corrected chi connectivity index (χ2v) is 4.72. The predicted octanol–water partition coefficient (Wildman–Crippen LogP) is 1.24. The Kier molecular flexibility index (Phi) is 2.47. The molecular formula is C13H16N4O. The molecule has 94 valence electrons. The van der Waals surface area contributed by atoms with Crippen LogP contribution < -0.4 is 11.1 Å². The van der Waals surface area contributed by atoms with Gasteiger partial charge in [-0.3, -0.25) is 4.79 Å². The Balaban J connectivity index is 2.15. The molecule has 2 aromatic rings. The van der Waals surface area contributed by atoms with Crippen LogP contribution in [0.4, 0.5) is 5.69 Å². The number of imidazole rings is 1. The Morgan fingerprint density at radius 1 is 1.56 bits per heavy atom. The van der Waals surface area contributed by atoms with Crippen LogP contribution >= 0.6 is 0 Å². The van der Waals surface area contributed by atoms with Crippen molar-refractivity contribution in [1.82, 2.24) is 14.9 Å². The Bertz CT molecular complexity index is 613. The average molecular weight is 244 g/mol. The number of hydrogen-bond donors (Lipinski definition) is 2. The molecule has 3 N–H and O–H groups in total. The van der Waals surface area contributed by atoms with Crippen molar-refractivity contribution >= 4 is 22.6 Å². The second-order valence-electron chi connectivity index (χ2n) is 4.72. The number of carbonyl (C=O) groups is 1. The van der Waals surface area contributed by atoms with Crippen LogP contribution in [0.5, 0.6) is 0 Å². The van der Waals surface area contributed by atoms with Gasteiger partial charge in [0.15, 0.2) is 0 Å². The van der Waals surface area contributed by atoms with Crippen LogP contribution in [0.15, 0.2) is 18.2 Å². The number of para-hydroxylation sites is 1. The van der Waals surface area contributed by atoms with E-state index in [1.54, 1.807) is 7.05 Å². The summed E-state index contributed by atoms with van der Waals surface area (Å²) >= 11 is 0. The molecule has 1 heterocycles. The summed E-state index contributed by atoms with van der Waals surface area (Å²) < 4.78 is 1.99. The summed E-state index contributed by atoms with van der Waals surface area (Å²) in [6.07, 6.45) is 2.30. The highest BCUT2D eigenvalue weighted by Gasteiger charge is 2.30. The molecule has 1 saturated carbocycles. The molecule has 0 atom stereocenters. The van der Waals surface area contributed by atoms with E-state index in [0.29, 0.717) is 18.2 Å². The number of likely N-dealkylation sites (N-methyl/N-ethyl adjacent to an activating group) is 1. The smallest absolute Gasteiger partial charge is 0.239 e. The molecule has 0 radical (unpaired) electrons. The van der Waals surface area contributed by atoms with Gasteiger partial charge in [-0.1, -0.05) is 6.07 Å². The zero-order valence-corrected chi connectivity index (χ0v) is 10.3. The molecule has 1 aliphatic carbocycles. The van der Waals surface area contributed by atoms with Crippen LogP contribution in [0.25, 0.3) is 11.0 Å². The highest BCUT2D eigenvalue weighted by molar-refractivity contribution is 5.89. The molecule has 0 bridgehead atoms. The third-order valence-corrected chi connectivity index (χ3v) is 3.36. The number of rotatable bonds is 3. The SMILES string of the molecule is CNC(=O)Cn1c(C2CC2)nc2c(N)cccc21. The van der Waals surface area contributed by atoms with Gasteiger partial charge in [-0.15, -0.1) is 0 Å². The van der Waals surface area contributed by atoms with Crippen molar-refractivity contribution in [3.8, 4) is 0 Å². The number of carbonyl (C=O) groups excluding carboxylic acids is 1. The summed E-state index contributed by atoms with van der Waals surface area (Å²) in [7, 11) is 1.65. The number of nitrogens with zero attached hydrogens (tertiary/aromatic N) is 2. The number of fused-ring (bicyclic) bond motifs is 1. The third kappa shape index (κ3) is 1.72. The maximum atomic E-state index is 11.6. The number of benzene rings is 1. The number of nitrogens with one attached hydrogen (secondary N) is 1. The van der Waals surface area contributed by atoms with Crippen molar-refractivity contribution in [1.29, 1.82) is 0 Å². The van der Waals surface area contributed by atoms with Crippen molar-refractivity contribution < 1.29 is 4.79 Å². The lowest BCUT2D eigenvalue weighted by molar-refractivity contribution is -0.121. The van der Waals surface area contributed by atoms with Gasteiger partial charge in [-0.05, 0) is 25.0 Å². The number of hydrogen-bond acceptors (Lipinski definition) is 3. The fourth-order valence-electron chi connectivity index (χ4n) is 2.23. The van der Waals surface area contributed by atoms with Gasteiger partial charge in [0.2, 0.25) is 5.91 Å². The molecule has 0 saturated heterocycles. The Labute approximate surface area is 105 Å². The number of nitrogen functional groups attached to an aromatic ring is 1. The van der Waals surface area contributed by atoms with E-state index in [-0.39, 0.29) is 5.91 Å². The molecule has 1 aromatic carbocycles.